The van der Waals surface area contributed by atoms with Crippen LogP contribution in [0.3, 0.4) is 0 Å². The molecule has 6 heteroatoms. The number of aromatic nitrogens is 2. The van der Waals surface area contributed by atoms with E-state index < -0.39 is 0 Å². The molecule has 0 fully saturated rings. The fourth-order valence-electron chi connectivity index (χ4n) is 1.80. The van der Waals surface area contributed by atoms with Gasteiger partial charge < -0.3 is 9.73 Å². The molecule has 0 amide bonds. The van der Waals surface area contributed by atoms with Crippen LogP contribution in [-0.4, -0.2) is 22.3 Å². The molecule has 0 unspecified atom stereocenters. The maximum Gasteiger partial charge on any atom is 0.247 e. The Bertz CT molecular complexity index is 607. The van der Waals surface area contributed by atoms with E-state index >= 15 is 0 Å². The Morgan fingerprint density at radius 1 is 1.29 bits per heavy atom. The van der Waals surface area contributed by atoms with E-state index in [1.807, 2.05) is 18.2 Å². The number of nitrogens with zero attached hydrogens (tertiary/aromatic N) is 2. The maximum atomic E-state index is 6.07. The molecule has 1 aromatic carbocycles. The Morgan fingerprint density at radius 3 is 2.71 bits per heavy atom. The first kappa shape index (κ1) is 16.5. The molecular weight excluding hydrogens is 354 g/mol. The molecule has 0 aliphatic rings. The average Bonchev–Trinajstić information content (AvgIpc) is 2.86. The Labute approximate surface area is 138 Å². The van der Waals surface area contributed by atoms with Crippen molar-refractivity contribution in [2.45, 2.75) is 39.2 Å². The number of halogens is 2. The van der Waals surface area contributed by atoms with Gasteiger partial charge >= 0.3 is 0 Å². The third-order valence-electron chi connectivity index (χ3n) is 2.86. The van der Waals surface area contributed by atoms with Gasteiger partial charge in [0.05, 0.1) is 5.02 Å². The summed E-state index contributed by atoms with van der Waals surface area (Å²) in [5.74, 6) is 1.16. The van der Waals surface area contributed by atoms with E-state index in [1.54, 1.807) is 0 Å². The molecule has 0 aliphatic heterocycles. The van der Waals surface area contributed by atoms with Crippen LogP contribution in [0.15, 0.2) is 27.1 Å². The zero-order valence-corrected chi connectivity index (χ0v) is 14.8. The van der Waals surface area contributed by atoms with E-state index in [1.165, 1.54) is 0 Å². The van der Waals surface area contributed by atoms with Gasteiger partial charge in [-0.2, -0.15) is 0 Å². The average molecular weight is 373 g/mol. The number of rotatable bonds is 5. The van der Waals surface area contributed by atoms with Crippen LogP contribution in [0, 0.1) is 0 Å². The highest BCUT2D eigenvalue weighted by molar-refractivity contribution is 9.10. The summed E-state index contributed by atoms with van der Waals surface area (Å²) in [6.07, 6.45) is 1.72. The second-order valence-corrected chi connectivity index (χ2v) is 7.17. The predicted octanol–water partition coefficient (Wildman–Crippen LogP) is 4.47. The minimum atomic E-state index is 0.133. The molecule has 114 valence electrons. The van der Waals surface area contributed by atoms with Gasteiger partial charge in [-0.3, -0.25) is 0 Å². The summed E-state index contributed by atoms with van der Waals surface area (Å²) in [4.78, 5) is 0. The smallest absolute Gasteiger partial charge is 0.247 e. The fraction of sp³-hybridized carbons (Fsp3) is 0.467. The maximum absolute atomic E-state index is 6.07. The largest absolute Gasteiger partial charge is 0.421 e. The summed E-state index contributed by atoms with van der Waals surface area (Å²) in [6, 6.07) is 5.58. The summed E-state index contributed by atoms with van der Waals surface area (Å²) >= 11 is 9.43. The van der Waals surface area contributed by atoms with Crippen LogP contribution in [0.4, 0.5) is 0 Å². The first-order valence-corrected chi connectivity index (χ1v) is 8.05. The number of nitrogens with one attached hydrogen (secondary N) is 1. The molecule has 0 saturated carbocycles. The molecule has 21 heavy (non-hydrogen) atoms. The van der Waals surface area contributed by atoms with E-state index in [4.69, 9.17) is 16.0 Å². The summed E-state index contributed by atoms with van der Waals surface area (Å²) in [6.45, 7) is 7.37. The van der Waals surface area contributed by atoms with E-state index in [0.717, 1.165) is 29.4 Å². The van der Waals surface area contributed by atoms with Crippen LogP contribution in [-0.2, 0) is 6.42 Å². The van der Waals surface area contributed by atoms with Gasteiger partial charge in [-0.05, 0) is 67.9 Å². The number of aryl methyl sites for hydroxylation is 1. The van der Waals surface area contributed by atoms with Crippen LogP contribution in [0.5, 0.6) is 0 Å². The van der Waals surface area contributed by atoms with Gasteiger partial charge in [0, 0.05) is 22.0 Å². The van der Waals surface area contributed by atoms with Gasteiger partial charge in [-0.15, -0.1) is 10.2 Å². The highest BCUT2D eigenvalue weighted by Gasteiger charge is 2.11. The second kappa shape index (κ2) is 6.90. The number of benzene rings is 1. The molecule has 1 N–H and O–H groups in total. The molecule has 2 aromatic rings. The van der Waals surface area contributed by atoms with Gasteiger partial charge in [-0.25, -0.2) is 0 Å². The minimum Gasteiger partial charge on any atom is -0.421 e. The van der Waals surface area contributed by atoms with Crippen LogP contribution in [0.25, 0.3) is 11.5 Å². The monoisotopic (exact) mass is 371 g/mol. The van der Waals surface area contributed by atoms with Gasteiger partial charge in [0.15, 0.2) is 0 Å². The fourth-order valence-corrected chi connectivity index (χ4v) is 2.23. The third-order valence-corrected chi connectivity index (χ3v) is 4.09. The summed E-state index contributed by atoms with van der Waals surface area (Å²) in [5.41, 5.74) is 0.962. The van der Waals surface area contributed by atoms with Gasteiger partial charge in [-0.1, -0.05) is 11.6 Å². The van der Waals surface area contributed by atoms with Gasteiger partial charge in [0.2, 0.25) is 11.8 Å². The van der Waals surface area contributed by atoms with E-state index in [9.17, 15) is 0 Å². The third kappa shape index (κ3) is 5.09. The lowest BCUT2D eigenvalue weighted by atomic mass is 10.1. The standard InChI is InChI=1S/C15H19BrClN3O/c1-15(2,3)18-8-4-5-13-19-20-14(21-13)10-6-7-11(16)12(17)9-10/h6-7,9,18H,4-5,8H2,1-3H3. The molecule has 4 nitrogen and oxygen atoms in total. The summed E-state index contributed by atoms with van der Waals surface area (Å²) < 4.78 is 6.52. The second-order valence-electron chi connectivity index (χ2n) is 5.91. The SMILES string of the molecule is CC(C)(C)NCCCc1nnc(-c2ccc(Br)c(Cl)c2)o1. The molecular formula is C15H19BrClN3O. The lowest BCUT2D eigenvalue weighted by molar-refractivity contribution is 0.412. The first-order valence-electron chi connectivity index (χ1n) is 6.88. The van der Waals surface area contributed by atoms with Crippen LogP contribution in [0.2, 0.25) is 5.02 Å². The van der Waals surface area contributed by atoms with Gasteiger partial charge in [0.25, 0.3) is 0 Å². The van der Waals surface area contributed by atoms with E-state index in [0.29, 0.717) is 16.8 Å². The lowest BCUT2D eigenvalue weighted by Crippen LogP contribution is -2.36. The van der Waals surface area contributed by atoms with Crippen LogP contribution < -0.4 is 5.32 Å². The molecule has 0 atom stereocenters. The molecule has 0 saturated heterocycles. The highest BCUT2D eigenvalue weighted by atomic mass is 79.9. The molecule has 2 rings (SSSR count). The normalized spacial score (nSPS) is 11.9. The molecule has 1 heterocycles. The topological polar surface area (TPSA) is 51.0 Å². The number of hydrogen-bond acceptors (Lipinski definition) is 4. The quantitative estimate of drug-likeness (QED) is 0.787. The Balaban J connectivity index is 1.93. The molecule has 0 radical (unpaired) electrons. The predicted molar refractivity (Wildman–Crippen MR) is 88.5 cm³/mol. The Morgan fingerprint density at radius 2 is 2.05 bits per heavy atom. The van der Waals surface area contributed by atoms with Gasteiger partial charge in [0.1, 0.15) is 0 Å². The summed E-state index contributed by atoms with van der Waals surface area (Å²) in [7, 11) is 0. The Hall–Kier alpha value is -0.910. The zero-order valence-electron chi connectivity index (χ0n) is 12.4. The molecule has 0 spiro atoms. The van der Waals surface area contributed by atoms with Crippen LogP contribution in [0.1, 0.15) is 33.1 Å². The highest BCUT2D eigenvalue weighted by Crippen LogP contribution is 2.28. The zero-order chi connectivity index (χ0) is 15.5. The Kier molecular flexibility index (Phi) is 5.41. The van der Waals surface area contributed by atoms with Crippen molar-refractivity contribution < 1.29 is 4.42 Å². The van der Waals surface area contributed by atoms with Crippen LogP contribution >= 0.6 is 27.5 Å². The van der Waals surface area contributed by atoms with Crippen molar-refractivity contribution in [1.29, 1.82) is 0 Å². The minimum absolute atomic E-state index is 0.133. The van der Waals surface area contributed by atoms with E-state index in [-0.39, 0.29) is 5.54 Å². The van der Waals surface area contributed by atoms with Crippen molar-refractivity contribution in [3.05, 3.63) is 33.6 Å². The van der Waals surface area contributed by atoms with Crippen molar-refractivity contribution >= 4 is 27.5 Å². The molecule has 1 aromatic heterocycles. The van der Waals surface area contributed by atoms with E-state index in [2.05, 4.69) is 52.2 Å². The lowest BCUT2D eigenvalue weighted by Gasteiger charge is -2.19. The van der Waals surface area contributed by atoms with Crippen molar-refractivity contribution in [2.24, 2.45) is 0 Å². The molecule has 0 aliphatic carbocycles. The van der Waals surface area contributed by atoms with Crippen molar-refractivity contribution in [2.75, 3.05) is 6.54 Å². The molecule has 0 bridgehead atoms. The number of hydrogen-bond donors (Lipinski definition) is 1. The summed E-state index contributed by atoms with van der Waals surface area (Å²) in [5, 5.41) is 12.2. The van der Waals surface area contributed by atoms with Crippen molar-refractivity contribution in [3.63, 3.8) is 0 Å². The first-order chi connectivity index (χ1) is 9.85. The van der Waals surface area contributed by atoms with Crippen molar-refractivity contribution in [1.82, 2.24) is 15.5 Å². The van der Waals surface area contributed by atoms with Crippen molar-refractivity contribution in [3.8, 4) is 11.5 Å².